The van der Waals surface area contributed by atoms with Gasteiger partial charge in [-0.1, -0.05) is 35.9 Å². The topological polar surface area (TPSA) is 0 Å². The molecule has 0 saturated heterocycles. The van der Waals surface area contributed by atoms with Gasteiger partial charge in [0.05, 0.1) is 0 Å². The van der Waals surface area contributed by atoms with E-state index in [4.69, 9.17) is 11.6 Å². The number of hydrogen-bond acceptors (Lipinski definition) is 0. The number of halogens is 1. The highest BCUT2D eigenvalue weighted by atomic mass is 35.5. The predicted octanol–water partition coefficient (Wildman–Crippen LogP) is 4.93. The second-order valence-electron chi connectivity index (χ2n) is 4.26. The monoisotopic (exact) mass is 230 g/mol. The third-order valence-corrected chi connectivity index (χ3v) is 3.18. The summed E-state index contributed by atoms with van der Waals surface area (Å²) in [5.74, 6) is 0. The van der Waals surface area contributed by atoms with E-state index in [9.17, 15) is 0 Å². The standard InChI is InChI=1S/C15H15Cl/c1-10-7-13(9-14(16)8-10)15-6-4-5-11(2)12(15)3/h4-9H,1-3H3. The van der Waals surface area contributed by atoms with E-state index in [1.807, 2.05) is 12.1 Å². The smallest absolute Gasteiger partial charge is 0.0414 e. The molecule has 2 aromatic rings. The molecule has 0 fully saturated rings. The Morgan fingerprint density at radius 3 is 2.38 bits per heavy atom. The van der Waals surface area contributed by atoms with Crippen LogP contribution in [0.4, 0.5) is 0 Å². The minimum Gasteiger partial charge on any atom is -0.0843 e. The first-order valence-electron chi connectivity index (χ1n) is 5.42. The van der Waals surface area contributed by atoms with Gasteiger partial charge in [-0.3, -0.25) is 0 Å². The maximum Gasteiger partial charge on any atom is 0.0414 e. The molecule has 0 spiro atoms. The fourth-order valence-corrected chi connectivity index (χ4v) is 2.25. The van der Waals surface area contributed by atoms with E-state index in [1.165, 1.54) is 27.8 Å². The number of hydrogen-bond donors (Lipinski definition) is 0. The SMILES string of the molecule is Cc1cc(Cl)cc(-c2cccc(C)c2C)c1. The lowest BCUT2D eigenvalue weighted by Gasteiger charge is -2.10. The molecule has 0 N–H and O–H groups in total. The van der Waals surface area contributed by atoms with Crippen LogP contribution in [0.1, 0.15) is 16.7 Å². The van der Waals surface area contributed by atoms with Crippen LogP contribution in [0.2, 0.25) is 5.02 Å². The summed E-state index contributed by atoms with van der Waals surface area (Å²) in [6, 6.07) is 12.6. The largest absolute Gasteiger partial charge is 0.0843 e. The molecule has 1 heteroatoms. The number of aryl methyl sites for hydroxylation is 2. The van der Waals surface area contributed by atoms with Crippen molar-refractivity contribution in [1.29, 1.82) is 0 Å². The molecule has 0 bridgehead atoms. The molecular formula is C15H15Cl. The lowest BCUT2D eigenvalue weighted by Crippen LogP contribution is -1.87. The van der Waals surface area contributed by atoms with E-state index in [-0.39, 0.29) is 0 Å². The first-order chi connectivity index (χ1) is 7.58. The van der Waals surface area contributed by atoms with Gasteiger partial charge in [0.15, 0.2) is 0 Å². The van der Waals surface area contributed by atoms with Gasteiger partial charge >= 0.3 is 0 Å². The molecule has 0 aliphatic carbocycles. The van der Waals surface area contributed by atoms with Crippen LogP contribution in [0.15, 0.2) is 36.4 Å². The molecular weight excluding hydrogens is 216 g/mol. The molecule has 0 aliphatic heterocycles. The Hall–Kier alpha value is -1.27. The van der Waals surface area contributed by atoms with Gasteiger partial charge < -0.3 is 0 Å². The van der Waals surface area contributed by atoms with Gasteiger partial charge in [0, 0.05) is 5.02 Å². The van der Waals surface area contributed by atoms with Crippen LogP contribution < -0.4 is 0 Å². The maximum absolute atomic E-state index is 6.09. The van der Waals surface area contributed by atoms with E-state index in [0.717, 1.165) is 5.02 Å². The highest BCUT2D eigenvalue weighted by Crippen LogP contribution is 2.28. The highest BCUT2D eigenvalue weighted by Gasteiger charge is 2.04. The summed E-state index contributed by atoms with van der Waals surface area (Å²) in [6.07, 6.45) is 0. The fourth-order valence-electron chi connectivity index (χ4n) is 1.96. The zero-order chi connectivity index (χ0) is 11.7. The van der Waals surface area contributed by atoms with Gasteiger partial charge in [0.2, 0.25) is 0 Å². The molecule has 0 saturated carbocycles. The molecule has 0 aromatic heterocycles. The van der Waals surface area contributed by atoms with Crippen LogP contribution >= 0.6 is 11.6 Å². The van der Waals surface area contributed by atoms with Crippen LogP contribution in [0.25, 0.3) is 11.1 Å². The molecule has 0 unspecified atom stereocenters. The quantitative estimate of drug-likeness (QED) is 0.652. The Balaban J connectivity index is 2.63. The van der Waals surface area contributed by atoms with Gasteiger partial charge in [-0.2, -0.15) is 0 Å². The predicted molar refractivity (Wildman–Crippen MR) is 71.1 cm³/mol. The lowest BCUT2D eigenvalue weighted by molar-refractivity contribution is 1.33. The Bertz CT molecular complexity index is 507. The summed E-state index contributed by atoms with van der Waals surface area (Å²) in [5, 5.41) is 0.802. The highest BCUT2D eigenvalue weighted by molar-refractivity contribution is 6.31. The van der Waals surface area contributed by atoms with E-state index < -0.39 is 0 Å². The average molecular weight is 231 g/mol. The van der Waals surface area contributed by atoms with Gasteiger partial charge in [-0.25, -0.2) is 0 Å². The van der Waals surface area contributed by atoms with Crippen molar-refractivity contribution < 1.29 is 0 Å². The van der Waals surface area contributed by atoms with Crippen LogP contribution in [0.3, 0.4) is 0 Å². The Labute approximate surface area is 102 Å². The Morgan fingerprint density at radius 1 is 0.938 bits per heavy atom. The molecule has 16 heavy (non-hydrogen) atoms. The van der Waals surface area contributed by atoms with Crippen molar-refractivity contribution >= 4 is 11.6 Å². The third kappa shape index (κ3) is 2.12. The summed E-state index contributed by atoms with van der Waals surface area (Å²) in [7, 11) is 0. The van der Waals surface area contributed by atoms with E-state index in [2.05, 4.69) is 45.0 Å². The zero-order valence-corrected chi connectivity index (χ0v) is 10.6. The molecule has 0 nitrogen and oxygen atoms in total. The van der Waals surface area contributed by atoms with E-state index in [0.29, 0.717) is 0 Å². The van der Waals surface area contributed by atoms with Crippen LogP contribution in [-0.4, -0.2) is 0 Å². The maximum atomic E-state index is 6.09. The van der Waals surface area contributed by atoms with Crippen LogP contribution in [0, 0.1) is 20.8 Å². The normalized spacial score (nSPS) is 10.5. The molecule has 0 amide bonds. The van der Waals surface area contributed by atoms with Gasteiger partial charge in [0.25, 0.3) is 0 Å². The van der Waals surface area contributed by atoms with Gasteiger partial charge in [0.1, 0.15) is 0 Å². The summed E-state index contributed by atoms with van der Waals surface area (Å²) in [5.41, 5.74) is 6.31. The average Bonchev–Trinajstić information content (AvgIpc) is 2.20. The van der Waals surface area contributed by atoms with Crippen molar-refractivity contribution in [1.82, 2.24) is 0 Å². The molecule has 2 rings (SSSR count). The molecule has 0 atom stereocenters. The van der Waals surface area contributed by atoms with Crippen LogP contribution in [-0.2, 0) is 0 Å². The minimum atomic E-state index is 0.802. The summed E-state index contributed by atoms with van der Waals surface area (Å²) in [6.45, 7) is 6.36. The molecule has 2 aromatic carbocycles. The van der Waals surface area contributed by atoms with Crippen molar-refractivity contribution in [3.05, 3.63) is 58.1 Å². The molecule has 0 heterocycles. The van der Waals surface area contributed by atoms with Crippen molar-refractivity contribution in [2.75, 3.05) is 0 Å². The molecule has 0 radical (unpaired) electrons. The fraction of sp³-hybridized carbons (Fsp3) is 0.200. The first kappa shape index (κ1) is 11.2. The second-order valence-corrected chi connectivity index (χ2v) is 4.70. The first-order valence-corrected chi connectivity index (χ1v) is 5.79. The minimum absolute atomic E-state index is 0.802. The summed E-state index contributed by atoms with van der Waals surface area (Å²) in [4.78, 5) is 0. The van der Waals surface area contributed by atoms with Crippen molar-refractivity contribution in [2.24, 2.45) is 0 Å². The van der Waals surface area contributed by atoms with Crippen LogP contribution in [0.5, 0.6) is 0 Å². The molecule has 0 aliphatic rings. The third-order valence-electron chi connectivity index (χ3n) is 2.96. The van der Waals surface area contributed by atoms with Crippen molar-refractivity contribution in [2.45, 2.75) is 20.8 Å². The lowest BCUT2D eigenvalue weighted by atomic mass is 9.96. The zero-order valence-electron chi connectivity index (χ0n) is 9.84. The second kappa shape index (κ2) is 4.31. The Kier molecular flexibility index (Phi) is 3.02. The van der Waals surface area contributed by atoms with Gasteiger partial charge in [-0.15, -0.1) is 0 Å². The molecule has 82 valence electrons. The summed E-state index contributed by atoms with van der Waals surface area (Å²) < 4.78 is 0. The van der Waals surface area contributed by atoms with E-state index in [1.54, 1.807) is 0 Å². The number of rotatable bonds is 1. The van der Waals surface area contributed by atoms with E-state index >= 15 is 0 Å². The van der Waals surface area contributed by atoms with Crippen molar-refractivity contribution in [3.63, 3.8) is 0 Å². The number of benzene rings is 2. The Morgan fingerprint density at radius 2 is 1.69 bits per heavy atom. The van der Waals surface area contributed by atoms with Crippen molar-refractivity contribution in [3.8, 4) is 11.1 Å². The van der Waals surface area contributed by atoms with Gasteiger partial charge in [-0.05, 0) is 60.7 Å². The summed E-state index contributed by atoms with van der Waals surface area (Å²) >= 11 is 6.09.